The zero-order chi connectivity index (χ0) is 35.5. The van der Waals surface area contributed by atoms with Crippen molar-refractivity contribution in [2.75, 3.05) is 70.9 Å². The molecule has 7 rings (SSSR count). The third kappa shape index (κ3) is 7.66. The summed E-state index contributed by atoms with van der Waals surface area (Å²) in [4.78, 5) is 35.1. The van der Waals surface area contributed by atoms with Gasteiger partial charge in [0.1, 0.15) is 12.0 Å². The lowest BCUT2D eigenvalue weighted by atomic mass is 9.56. The van der Waals surface area contributed by atoms with E-state index in [4.69, 9.17) is 4.74 Å². The first kappa shape index (κ1) is 35.8. The molecule has 4 heterocycles. The van der Waals surface area contributed by atoms with Crippen molar-refractivity contribution < 1.29 is 23.1 Å². The molecule has 5 fully saturated rings. The molecule has 3 atom stereocenters. The fourth-order valence-corrected chi connectivity index (χ4v) is 10.3. The number of nitrogens with zero attached hydrogens (tertiary/aromatic N) is 5. The fourth-order valence-electron chi connectivity index (χ4n) is 10.3. The van der Waals surface area contributed by atoms with Crippen molar-refractivity contribution in [2.45, 2.75) is 75.9 Å². The second-order valence-corrected chi connectivity index (χ2v) is 16.0. The summed E-state index contributed by atoms with van der Waals surface area (Å²) in [7, 11) is 1.45. The molecular weight excluding hydrogens is 648 g/mol. The van der Waals surface area contributed by atoms with Crippen LogP contribution in [0, 0.1) is 40.8 Å². The molecule has 0 N–H and O–H groups in total. The molecule has 0 unspecified atom stereocenters. The van der Waals surface area contributed by atoms with E-state index in [0.29, 0.717) is 50.5 Å². The Bertz CT molecular complexity index is 1600. The van der Waals surface area contributed by atoms with Crippen molar-refractivity contribution >= 4 is 17.6 Å². The molecule has 4 aliphatic heterocycles. The number of carbonyl (C=O) groups excluding carboxylic acids is 2. The number of methoxy groups -OCH3 is 1. The second kappa shape index (κ2) is 15.6. The van der Waals surface area contributed by atoms with Crippen LogP contribution < -0.4 is 4.90 Å². The molecule has 8 nitrogen and oxygen atoms in total. The Balaban J connectivity index is 1.05. The Hall–Kier alpha value is -3.55. The highest BCUT2D eigenvalue weighted by atomic mass is 19.1. The maximum atomic E-state index is 15.1. The molecule has 0 bridgehead atoms. The largest absolute Gasteiger partial charge is 0.469 e. The van der Waals surface area contributed by atoms with E-state index in [2.05, 4.69) is 32.9 Å². The Labute approximate surface area is 301 Å². The smallest absolute Gasteiger partial charge is 0.305 e. The van der Waals surface area contributed by atoms with Gasteiger partial charge < -0.3 is 19.4 Å². The van der Waals surface area contributed by atoms with E-state index in [0.717, 1.165) is 101 Å². The Morgan fingerprint density at radius 3 is 2.49 bits per heavy atom. The molecule has 51 heavy (non-hydrogen) atoms. The van der Waals surface area contributed by atoms with E-state index in [1.807, 2.05) is 23.1 Å². The number of anilines is 1. The van der Waals surface area contributed by atoms with Gasteiger partial charge in [-0.1, -0.05) is 18.6 Å². The first-order chi connectivity index (χ1) is 24.7. The topological polar surface area (TPSA) is 80.1 Å². The molecule has 1 amide bonds. The number of nitriles is 1. The molecule has 274 valence electrons. The lowest BCUT2D eigenvalue weighted by Gasteiger charge is -2.53. The summed E-state index contributed by atoms with van der Waals surface area (Å²) < 4.78 is 33.7. The maximum absolute atomic E-state index is 15.1. The summed E-state index contributed by atoms with van der Waals surface area (Å²) in [5, 5.41) is 9.64. The highest BCUT2D eigenvalue weighted by Crippen LogP contribution is 2.54. The van der Waals surface area contributed by atoms with Crippen LogP contribution in [0.1, 0.15) is 74.5 Å². The van der Waals surface area contributed by atoms with E-state index >= 15 is 4.39 Å². The van der Waals surface area contributed by atoms with Gasteiger partial charge in [0.25, 0.3) is 0 Å². The molecule has 5 aliphatic rings. The average Bonchev–Trinajstić information content (AvgIpc) is 3.57. The number of hydrogen-bond donors (Lipinski definition) is 0. The van der Waals surface area contributed by atoms with E-state index in [1.165, 1.54) is 13.2 Å². The summed E-state index contributed by atoms with van der Waals surface area (Å²) >= 11 is 0. The van der Waals surface area contributed by atoms with Gasteiger partial charge in [0, 0.05) is 82.2 Å². The quantitative estimate of drug-likeness (QED) is 0.254. The minimum atomic E-state index is -0.761. The molecule has 1 saturated carbocycles. The van der Waals surface area contributed by atoms with E-state index < -0.39 is 11.6 Å². The van der Waals surface area contributed by atoms with Gasteiger partial charge in [0.15, 0.2) is 0 Å². The first-order valence-electron chi connectivity index (χ1n) is 19.2. The molecule has 10 heteroatoms. The number of carbonyl (C=O) groups is 2. The van der Waals surface area contributed by atoms with E-state index in [9.17, 15) is 19.2 Å². The fraction of sp³-hybridized carbons (Fsp3) is 0.634. The normalized spacial score (nSPS) is 25.3. The van der Waals surface area contributed by atoms with Crippen LogP contribution in [0.3, 0.4) is 0 Å². The van der Waals surface area contributed by atoms with Crippen LogP contribution in [0.15, 0.2) is 42.5 Å². The Kier molecular flexibility index (Phi) is 11.0. The summed E-state index contributed by atoms with van der Waals surface area (Å²) in [5.41, 5.74) is 3.29. The molecule has 0 aromatic heterocycles. The third-order valence-corrected chi connectivity index (χ3v) is 12.9. The summed E-state index contributed by atoms with van der Waals surface area (Å²) in [6.45, 7) is 7.64. The number of hydrogen-bond acceptors (Lipinski definition) is 7. The van der Waals surface area contributed by atoms with Crippen molar-refractivity contribution in [1.82, 2.24) is 14.7 Å². The molecule has 2 aromatic rings. The number of alkyl halides is 1. The second-order valence-electron chi connectivity index (χ2n) is 16.0. The summed E-state index contributed by atoms with van der Waals surface area (Å²) in [5.74, 6) is 0.834. The minimum absolute atomic E-state index is 0.133. The number of likely N-dealkylation sites (tertiary alicyclic amines) is 3. The van der Waals surface area contributed by atoms with Crippen LogP contribution in [0.5, 0.6) is 0 Å². The molecule has 1 aliphatic carbocycles. The third-order valence-electron chi connectivity index (χ3n) is 12.9. The highest BCUT2D eigenvalue weighted by molar-refractivity contribution is 5.77. The van der Waals surface area contributed by atoms with Crippen molar-refractivity contribution in [3.05, 3.63) is 65.0 Å². The van der Waals surface area contributed by atoms with Gasteiger partial charge in [0.2, 0.25) is 5.91 Å². The van der Waals surface area contributed by atoms with Gasteiger partial charge in [-0.25, -0.2) is 8.78 Å². The lowest BCUT2D eigenvalue weighted by Crippen LogP contribution is -2.57. The summed E-state index contributed by atoms with van der Waals surface area (Å²) in [6.07, 6.45) is 6.92. The van der Waals surface area contributed by atoms with E-state index in [-0.39, 0.29) is 35.4 Å². The van der Waals surface area contributed by atoms with Crippen LogP contribution in [-0.2, 0) is 26.3 Å². The predicted molar refractivity (Wildman–Crippen MR) is 192 cm³/mol. The minimum Gasteiger partial charge on any atom is -0.469 e. The Morgan fingerprint density at radius 1 is 0.980 bits per heavy atom. The molecular formula is C41H53F2N5O3. The van der Waals surface area contributed by atoms with Crippen molar-refractivity contribution in [2.24, 2.45) is 23.7 Å². The standard InChI is InChI=1S/C41H53F2N5O3/c1-51-40(50)19-30-6-4-9-38(30)41(34-7-5-8-35(42)20-34,28-47-15-3-2-10-39(47)49)33-13-16-45(17-14-33)22-29-23-48(24-29)37-12-11-31(21-44)32(18-37)25-46-26-36(43)27-46/h5,7-8,11-12,18,20,29-30,33,36,38H,2-4,6,9-10,13-17,19,22-28H2,1H3/t30-,38+,41+/m1/s1. The zero-order valence-electron chi connectivity index (χ0n) is 30.1. The van der Waals surface area contributed by atoms with Gasteiger partial charge in [-0.3, -0.25) is 14.5 Å². The Morgan fingerprint density at radius 2 is 1.78 bits per heavy atom. The van der Waals surface area contributed by atoms with Gasteiger partial charge in [0.05, 0.1) is 18.7 Å². The number of halogens is 2. The van der Waals surface area contributed by atoms with Gasteiger partial charge in [-0.15, -0.1) is 0 Å². The predicted octanol–water partition coefficient (Wildman–Crippen LogP) is 5.93. The molecule has 0 spiro atoms. The van der Waals surface area contributed by atoms with Crippen molar-refractivity contribution in [3.8, 4) is 6.07 Å². The van der Waals surface area contributed by atoms with Crippen molar-refractivity contribution in [1.29, 1.82) is 5.26 Å². The number of amides is 1. The van der Waals surface area contributed by atoms with Gasteiger partial charge in [-0.2, -0.15) is 5.26 Å². The zero-order valence-corrected chi connectivity index (χ0v) is 30.1. The monoisotopic (exact) mass is 701 g/mol. The average molecular weight is 702 g/mol. The van der Waals surface area contributed by atoms with Crippen LogP contribution in [0.2, 0.25) is 0 Å². The number of esters is 1. The maximum Gasteiger partial charge on any atom is 0.305 e. The van der Waals surface area contributed by atoms with Crippen LogP contribution >= 0.6 is 0 Å². The van der Waals surface area contributed by atoms with Crippen LogP contribution in [0.4, 0.5) is 14.5 Å². The lowest BCUT2D eigenvalue weighted by molar-refractivity contribution is -0.143. The van der Waals surface area contributed by atoms with E-state index in [1.54, 1.807) is 6.07 Å². The van der Waals surface area contributed by atoms with Gasteiger partial charge >= 0.3 is 5.97 Å². The highest BCUT2D eigenvalue weighted by Gasteiger charge is 2.53. The molecule has 4 saturated heterocycles. The van der Waals surface area contributed by atoms with Crippen LogP contribution in [0.25, 0.3) is 0 Å². The summed E-state index contributed by atoms with van der Waals surface area (Å²) in [6, 6.07) is 15.5. The SMILES string of the molecule is COC(=O)C[C@H]1CCC[C@@H]1[C@](CN1CCCCC1=O)(c1cccc(F)c1)C1CCN(CC2CN(c3ccc(C#N)c(CN4CC(F)C4)c3)C2)CC1. The molecule has 2 aromatic carbocycles. The number of benzene rings is 2. The first-order valence-corrected chi connectivity index (χ1v) is 19.2. The molecule has 0 radical (unpaired) electrons. The number of rotatable bonds is 12. The number of ether oxygens (including phenoxy) is 1. The van der Waals surface area contributed by atoms with Crippen LogP contribution in [-0.4, -0.2) is 98.8 Å². The van der Waals surface area contributed by atoms with Gasteiger partial charge in [-0.05, 0) is 111 Å². The van der Waals surface area contributed by atoms with Crippen molar-refractivity contribution in [3.63, 3.8) is 0 Å². The number of piperidine rings is 2.